The molecule has 0 aliphatic rings. The number of unbranched alkanes of at least 4 members (excludes halogenated alkanes) is 44. The van der Waals surface area contributed by atoms with Crippen LogP contribution in [0.2, 0.25) is 0 Å². The van der Waals surface area contributed by atoms with Crippen molar-refractivity contribution < 1.29 is 15.0 Å². The van der Waals surface area contributed by atoms with Gasteiger partial charge in [-0.2, -0.15) is 0 Å². The Morgan fingerprint density at radius 2 is 0.613 bits per heavy atom. The molecule has 0 rings (SSSR count). The van der Waals surface area contributed by atoms with Gasteiger partial charge in [-0.15, -0.1) is 0 Å². The van der Waals surface area contributed by atoms with Crippen molar-refractivity contribution in [2.45, 2.75) is 334 Å². The Balaban J connectivity index is 3.43. The molecule has 0 aromatic rings. The number of allylic oxidation sites excluding steroid dienone is 3. The second-order valence-electron chi connectivity index (χ2n) is 19.7. The average Bonchev–Trinajstić information content (AvgIpc) is 3.28. The fourth-order valence-electron chi connectivity index (χ4n) is 9.06. The quantitative estimate of drug-likeness (QED) is 0.0421. The highest BCUT2D eigenvalue weighted by atomic mass is 16.3. The van der Waals surface area contributed by atoms with Gasteiger partial charge in [0.2, 0.25) is 5.91 Å². The van der Waals surface area contributed by atoms with E-state index in [9.17, 15) is 15.0 Å². The van der Waals surface area contributed by atoms with E-state index in [0.717, 1.165) is 25.7 Å². The van der Waals surface area contributed by atoms with Crippen LogP contribution in [0.5, 0.6) is 0 Å². The van der Waals surface area contributed by atoms with Crippen molar-refractivity contribution in [2.75, 3.05) is 6.61 Å². The van der Waals surface area contributed by atoms with Gasteiger partial charge in [-0.05, 0) is 44.9 Å². The Hall–Kier alpha value is -1.13. The summed E-state index contributed by atoms with van der Waals surface area (Å²) >= 11 is 0. The number of aliphatic hydroxyl groups excluding tert-OH is 2. The molecule has 1 amide bonds. The highest BCUT2D eigenvalue weighted by molar-refractivity contribution is 5.76. The monoisotopic (exact) mass is 872 g/mol. The molecule has 0 radical (unpaired) electrons. The van der Waals surface area contributed by atoms with Crippen molar-refractivity contribution >= 4 is 5.91 Å². The second-order valence-corrected chi connectivity index (χ2v) is 19.7. The van der Waals surface area contributed by atoms with E-state index >= 15 is 0 Å². The largest absolute Gasteiger partial charge is 0.394 e. The van der Waals surface area contributed by atoms with Gasteiger partial charge >= 0.3 is 0 Å². The maximum absolute atomic E-state index is 12.4. The normalized spacial score (nSPS) is 12.9. The number of nitrogens with one attached hydrogen (secondary N) is 1. The number of amides is 1. The molecule has 2 atom stereocenters. The van der Waals surface area contributed by atoms with Crippen LogP contribution in [0.3, 0.4) is 0 Å². The predicted molar refractivity (Wildman–Crippen MR) is 276 cm³/mol. The first-order valence-corrected chi connectivity index (χ1v) is 28.6. The molecule has 0 saturated carbocycles. The first-order chi connectivity index (χ1) is 30.7. The summed E-state index contributed by atoms with van der Waals surface area (Å²) in [6.07, 6.45) is 72.1. The maximum atomic E-state index is 12.4. The van der Waals surface area contributed by atoms with Crippen molar-refractivity contribution in [3.63, 3.8) is 0 Å². The molecule has 0 bridgehead atoms. The van der Waals surface area contributed by atoms with E-state index in [1.165, 1.54) is 276 Å². The van der Waals surface area contributed by atoms with Gasteiger partial charge in [0.1, 0.15) is 0 Å². The first-order valence-electron chi connectivity index (χ1n) is 28.6. The van der Waals surface area contributed by atoms with Crippen molar-refractivity contribution in [3.05, 3.63) is 24.3 Å². The molecule has 0 heterocycles. The van der Waals surface area contributed by atoms with Crippen molar-refractivity contribution in [1.82, 2.24) is 5.32 Å². The van der Waals surface area contributed by atoms with Gasteiger partial charge in [0.25, 0.3) is 0 Å². The van der Waals surface area contributed by atoms with Crippen molar-refractivity contribution in [1.29, 1.82) is 0 Å². The lowest BCUT2D eigenvalue weighted by molar-refractivity contribution is -0.123. The number of hydrogen-bond donors (Lipinski definition) is 3. The molecule has 3 N–H and O–H groups in total. The molecule has 0 aliphatic carbocycles. The van der Waals surface area contributed by atoms with E-state index in [2.05, 4.69) is 31.3 Å². The van der Waals surface area contributed by atoms with Crippen LogP contribution in [0.15, 0.2) is 24.3 Å². The van der Waals surface area contributed by atoms with Crippen LogP contribution in [0.1, 0.15) is 322 Å². The Morgan fingerprint density at radius 1 is 0.371 bits per heavy atom. The molecular weight excluding hydrogens is 759 g/mol. The van der Waals surface area contributed by atoms with Crippen LogP contribution in [-0.4, -0.2) is 34.9 Å². The van der Waals surface area contributed by atoms with Gasteiger partial charge in [0.15, 0.2) is 0 Å². The van der Waals surface area contributed by atoms with E-state index in [0.29, 0.717) is 6.42 Å². The summed E-state index contributed by atoms with van der Waals surface area (Å²) in [5.41, 5.74) is 0. The fraction of sp³-hybridized carbons (Fsp3) is 0.914. The number of aliphatic hydroxyl groups is 2. The van der Waals surface area contributed by atoms with E-state index in [4.69, 9.17) is 0 Å². The predicted octanol–water partition coefficient (Wildman–Crippen LogP) is 18.7. The van der Waals surface area contributed by atoms with E-state index < -0.39 is 12.1 Å². The van der Waals surface area contributed by atoms with Crippen molar-refractivity contribution in [2.24, 2.45) is 0 Å². The lowest BCUT2D eigenvalue weighted by atomic mass is 10.0. The van der Waals surface area contributed by atoms with Crippen LogP contribution in [0.25, 0.3) is 0 Å². The number of hydrogen-bond acceptors (Lipinski definition) is 3. The Labute approximate surface area is 389 Å². The number of rotatable bonds is 53. The minimum Gasteiger partial charge on any atom is -0.394 e. The number of carbonyl (C=O) groups is 1. The Morgan fingerprint density at radius 3 is 0.887 bits per heavy atom. The summed E-state index contributed by atoms with van der Waals surface area (Å²) in [7, 11) is 0. The van der Waals surface area contributed by atoms with E-state index in [-0.39, 0.29) is 12.5 Å². The van der Waals surface area contributed by atoms with Crippen LogP contribution in [0.4, 0.5) is 0 Å². The topological polar surface area (TPSA) is 69.6 Å². The van der Waals surface area contributed by atoms with Gasteiger partial charge < -0.3 is 15.5 Å². The smallest absolute Gasteiger partial charge is 0.220 e. The zero-order valence-corrected chi connectivity index (χ0v) is 42.4. The van der Waals surface area contributed by atoms with Crippen LogP contribution in [0, 0.1) is 0 Å². The highest BCUT2D eigenvalue weighted by Crippen LogP contribution is 2.18. The summed E-state index contributed by atoms with van der Waals surface area (Å²) in [4.78, 5) is 12.4. The zero-order chi connectivity index (χ0) is 44.9. The van der Waals surface area contributed by atoms with Crippen LogP contribution < -0.4 is 5.32 Å². The summed E-state index contributed by atoms with van der Waals surface area (Å²) in [5.74, 6) is -0.0644. The SMILES string of the molecule is CCCCCCCC/C=C\CCCCCCCCCC(=O)NC(CO)C(O)/C=C/CCCCCCCCCCCCCCCCCCCCCCCCCCCCCCCCC. The lowest BCUT2D eigenvalue weighted by Crippen LogP contribution is -2.45. The molecule has 0 aromatic heterocycles. The lowest BCUT2D eigenvalue weighted by Gasteiger charge is -2.20. The summed E-state index contributed by atoms with van der Waals surface area (Å²) < 4.78 is 0. The molecule has 2 unspecified atom stereocenters. The molecule has 0 spiro atoms. The standard InChI is InChI=1S/C58H113NO3/c1-3-5-7-9-11-13-15-17-19-21-22-23-24-25-26-27-28-29-30-31-32-33-34-35-36-38-39-41-43-45-47-49-51-53-57(61)56(55-60)59-58(62)54-52-50-48-46-44-42-40-37-20-18-16-14-12-10-8-6-4-2/h18,20,51,53,56-57,60-61H,3-17,19,21-50,52,54-55H2,1-2H3,(H,59,62)/b20-18-,53-51+. The van der Waals surface area contributed by atoms with E-state index in [1.807, 2.05) is 6.08 Å². The molecule has 0 aliphatic heterocycles. The van der Waals surface area contributed by atoms with Gasteiger partial charge in [-0.3, -0.25) is 4.79 Å². The number of carbonyl (C=O) groups excluding carboxylic acids is 1. The summed E-state index contributed by atoms with van der Waals surface area (Å²) in [5, 5.41) is 23.2. The third-order valence-electron chi connectivity index (χ3n) is 13.4. The average molecular weight is 873 g/mol. The molecule has 368 valence electrons. The van der Waals surface area contributed by atoms with Gasteiger partial charge in [-0.25, -0.2) is 0 Å². The van der Waals surface area contributed by atoms with Crippen molar-refractivity contribution in [3.8, 4) is 0 Å². The van der Waals surface area contributed by atoms with Gasteiger partial charge in [0, 0.05) is 6.42 Å². The van der Waals surface area contributed by atoms with Crippen LogP contribution >= 0.6 is 0 Å². The second kappa shape index (κ2) is 54.2. The molecular formula is C58H113NO3. The third-order valence-corrected chi connectivity index (χ3v) is 13.4. The minimum absolute atomic E-state index is 0.0644. The molecule has 4 nitrogen and oxygen atoms in total. The van der Waals surface area contributed by atoms with Gasteiger partial charge in [0.05, 0.1) is 18.8 Å². The molecule has 4 heteroatoms. The maximum Gasteiger partial charge on any atom is 0.220 e. The third kappa shape index (κ3) is 49.9. The van der Waals surface area contributed by atoms with Gasteiger partial charge in [-0.1, -0.05) is 295 Å². The van der Waals surface area contributed by atoms with E-state index in [1.54, 1.807) is 6.08 Å². The minimum atomic E-state index is -0.840. The zero-order valence-electron chi connectivity index (χ0n) is 42.4. The molecule has 0 fully saturated rings. The van der Waals surface area contributed by atoms with Crippen LogP contribution in [-0.2, 0) is 4.79 Å². The fourth-order valence-corrected chi connectivity index (χ4v) is 9.06. The molecule has 0 saturated heterocycles. The summed E-state index contributed by atoms with van der Waals surface area (Å²) in [6.45, 7) is 4.33. The highest BCUT2D eigenvalue weighted by Gasteiger charge is 2.18. The first kappa shape index (κ1) is 60.9. The molecule has 62 heavy (non-hydrogen) atoms. The Bertz CT molecular complexity index is 901. The Kier molecular flexibility index (Phi) is 53.2. The summed E-state index contributed by atoms with van der Waals surface area (Å²) in [6, 6.07) is -0.623. The molecule has 0 aromatic carbocycles.